The molecule has 11 heteroatoms. The number of hydrogen-bond donors (Lipinski definition) is 3. The van der Waals surface area contributed by atoms with Crippen LogP contribution in [0.25, 0.3) is 0 Å². The number of nitrogens with one attached hydrogen (secondary N) is 2. The molecule has 0 saturated heterocycles. The fourth-order valence-corrected chi connectivity index (χ4v) is 2.59. The number of carbonyl (C=O) groups is 2. The van der Waals surface area contributed by atoms with Gasteiger partial charge in [-0.3, -0.25) is 0 Å². The SMILES string of the molecule is COC(=O)c1cc(Nc2ncnc(Nc3ccc(Cl)cn3)c2N)cc(C(=O)OC)c1. The molecule has 0 spiro atoms. The molecule has 0 aliphatic heterocycles. The molecule has 154 valence electrons. The Hall–Kier alpha value is -3.92. The lowest BCUT2D eigenvalue weighted by Gasteiger charge is -2.13. The van der Waals surface area contributed by atoms with Gasteiger partial charge in [-0.1, -0.05) is 11.6 Å². The van der Waals surface area contributed by atoms with Crippen LogP contribution in [-0.4, -0.2) is 41.1 Å². The number of hydrogen-bond acceptors (Lipinski definition) is 10. The van der Waals surface area contributed by atoms with Crippen LogP contribution in [0.3, 0.4) is 0 Å². The van der Waals surface area contributed by atoms with E-state index in [1.807, 2.05) is 0 Å². The summed E-state index contributed by atoms with van der Waals surface area (Å²) in [5, 5.41) is 6.43. The van der Waals surface area contributed by atoms with E-state index in [9.17, 15) is 9.59 Å². The van der Waals surface area contributed by atoms with Gasteiger partial charge in [0.15, 0.2) is 11.6 Å². The van der Waals surface area contributed by atoms with Gasteiger partial charge in [0.25, 0.3) is 0 Å². The number of carbonyl (C=O) groups excluding carboxylic acids is 2. The van der Waals surface area contributed by atoms with Gasteiger partial charge >= 0.3 is 11.9 Å². The molecule has 0 saturated carbocycles. The predicted octanol–water partition coefficient (Wildman–Crippen LogP) is 3.17. The summed E-state index contributed by atoms with van der Waals surface area (Å²) in [5.41, 5.74) is 7.04. The number of anilines is 5. The number of halogens is 1. The highest BCUT2D eigenvalue weighted by atomic mass is 35.5. The smallest absolute Gasteiger partial charge is 0.337 e. The van der Waals surface area contributed by atoms with Crippen LogP contribution in [0.5, 0.6) is 0 Å². The molecule has 0 radical (unpaired) electrons. The second-order valence-corrected chi connectivity index (χ2v) is 6.31. The fourth-order valence-electron chi connectivity index (χ4n) is 2.47. The molecule has 2 aromatic heterocycles. The molecule has 0 aliphatic carbocycles. The first-order valence-electron chi connectivity index (χ1n) is 8.49. The van der Waals surface area contributed by atoms with Crippen LogP contribution in [0, 0.1) is 0 Å². The first kappa shape index (κ1) is 20.8. The maximum atomic E-state index is 12.0. The number of pyridine rings is 1. The number of benzene rings is 1. The second kappa shape index (κ2) is 9.05. The van der Waals surface area contributed by atoms with Crippen molar-refractivity contribution in [2.75, 3.05) is 30.6 Å². The van der Waals surface area contributed by atoms with Crippen molar-refractivity contribution >= 4 is 52.4 Å². The third kappa shape index (κ3) is 4.73. The van der Waals surface area contributed by atoms with Gasteiger partial charge in [0.1, 0.15) is 17.8 Å². The predicted molar refractivity (Wildman–Crippen MR) is 111 cm³/mol. The fraction of sp³-hybridized carbons (Fsp3) is 0.105. The number of esters is 2. The van der Waals surface area contributed by atoms with Crippen molar-refractivity contribution in [2.24, 2.45) is 0 Å². The Morgan fingerprint density at radius 2 is 1.53 bits per heavy atom. The molecule has 3 rings (SSSR count). The number of rotatable bonds is 6. The zero-order valence-corrected chi connectivity index (χ0v) is 16.7. The quantitative estimate of drug-likeness (QED) is 0.501. The molecule has 2 heterocycles. The van der Waals surface area contributed by atoms with Crippen molar-refractivity contribution in [2.45, 2.75) is 0 Å². The molecule has 4 N–H and O–H groups in total. The molecular formula is C19H17ClN6O4. The van der Waals surface area contributed by atoms with Gasteiger partial charge in [-0.25, -0.2) is 24.5 Å². The molecule has 0 atom stereocenters. The van der Waals surface area contributed by atoms with E-state index in [1.54, 1.807) is 12.1 Å². The molecule has 0 aliphatic rings. The maximum Gasteiger partial charge on any atom is 0.337 e. The van der Waals surface area contributed by atoms with Crippen LogP contribution in [-0.2, 0) is 9.47 Å². The molecule has 30 heavy (non-hydrogen) atoms. The largest absolute Gasteiger partial charge is 0.465 e. The highest BCUT2D eigenvalue weighted by molar-refractivity contribution is 6.30. The van der Waals surface area contributed by atoms with Crippen LogP contribution >= 0.6 is 11.6 Å². The van der Waals surface area contributed by atoms with Gasteiger partial charge in [0, 0.05) is 11.9 Å². The van der Waals surface area contributed by atoms with Crippen molar-refractivity contribution in [3.05, 3.63) is 59.0 Å². The Bertz CT molecular complexity index is 1060. The van der Waals surface area contributed by atoms with E-state index in [0.717, 1.165) is 0 Å². The summed E-state index contributed by atoms with van der Waals surface area (Å²) in [7, 11) is 2.48. The lowest BCUT2D eigenvalue weighted by Crippen LogP contribution is -2.09. The molecule has 3 aromatic rings. The summed E-state index contributed by atoms with van der Waals surface area (Å²) in [6, 6.07) is 7.69. The van der Waals surface area contributed by atoms with Gasteiger partial charge in [0.05, 0.1) is 30.4 Å². The number of ether oxygens (including phenoxy) is 2. The minimum atomic E-state index is -0.615. The monoisotopic (exact) mass is 428 g/mol. The highest BCUT2D eigenvalue weighted by Crippen LogP contribution is 2.29. The number of nitrogen functional groups attached to an aromatic ring is 1. The van der Waals surface area contributed by atoms with Crippen molar-refractivity contribution in [1.82, 2.24) is 15.0 Å². The standard InChI is InChI=1S/C19H17ClN6O4/c1-29-18(27)10-5-11(19(28)30-2)7-13(6-10)25-16-15(21)17(24-9-23-16)26-14-4-3-12(20)8-22-14/h3-9H,21H2,1-2H3,(H2,22,23,24,25,26). The van der Waals surface area contributed by atoms with E-state index in [4.69, 9.17) is 26.8 Å². The molecule has 1 aromatic carbocycles. The van der Waals surface area contributed by atoms with E-state index in [0.29, 0.717) is 22.3 Å². The third-order valence-electron chi connectivity index (χ3n) is 3.90. The summed E-state index contributed by atoms with van der Waals surface area (Å²) >= 11 is 5.84. The maximum absolute atomic E-state index is 12.0. The molecule has 0 fully saturated rings. The minimum Gasteiger partial charge on any atom is -0.465 e. The van der Waals surface area contributed by atoms with Gasteiger partial charge in [-0.05, 0) is 30.3 Å². The number of nitrogens with zero attached hydrogens (tertiary/aromatic N) is 3. The Kier molecular flexibility index (Phi) is 6.28. The van der Waals surface area contributed by atoms with Crippen LogP contribution in [0.1, 0.15) is 20.7 Å². The van der Waals surface area contributed by atoms with E-state index >= 15 is 0 Å². The molecule has 10 nitrogen and oxygen atoms in total. The molecule has 0 amide bonds. The molecular weight excluding hydrogens is 412 g/mol. The second-order valence-electron chi connectivity index (χ2n) is 5.88. The van der Waals surface area contributed by atoms with Gasteiger partial charge in [-0.2, -0.15) is 0 Å². The first-order valence-corrected chi connectivity index (χ1v) is 8.87. The van der Waals surface area contributed by atoms with Crippen LogP contribution in [0.2, 0.25) is 5.02 Å². The summed E-state index contributed by atoms with van der Waals surface area (Å²) in [5.74, 6) is -0.193. The number of methoxy groups -OCH3 is 2. The molecule has 0 unspecified atom stereocenters. The van der Waals surface area contributed by atoms with Gasteiger partial charge < -0.3 is 25.8 Å². The zero-order chi connectivity index (χ0) is 21.7. The van der Waals surface area contributed by atoms with Crippen molar-refractivity contribution in [3.63, 3.8) is 0 Å². The number of aromatic nitrogens is 3. The van der Waals surface area contributed by atoms with Crippen molar-refractivity contribution in [1.29, 1.82) is 0 Å². The Labute approximate surface area is 176 Å². The Balaban J connectivity index is 1.93. The highest BCUT2D eigenvalue weighted by Gasteiger charge is 2.16. The summed E-state index contributed by atoms with van der Waals surface area (Å²) in [6.07, 6.45) is 2.77. The first-order chi connectivity index (χ1) is 14.4. The van der Waals surface area contributed by atoms with Crippen molar-refractivity contribution < 1.29 is 19.1 Å². The Morgan fingerprint density at radius 1 is 0.933 bits per heavy atom. The average molecular weight is 429 g/mol. The topological polar surface area (TPSA) is 141 Å². The Morgan fingerprint density at radius 3 is 2.07 bits per heavy atom. The van der Waals surface area contributed by atoms with Gasteiger partial charge in [-0.15, -0.1) is 0 Å². The van der Waals surface area contributed by atoms with E-state index < -0.39 is 11.9 Å². The minimum absolute atomic E-state index is 0.152. The van der Waals surface area contributed by atoms with Crippen molar-refractivity contribution in [3.8, 4) is 0 Å². The molecule has 0 bridgehead atoms. The zero-order valence-electron chi connectivity index (χ0n) is 16.0. The van der Waals surface area contributed by atoms with E-state index in [2.05, 4.69) is 25.6 Å². The van der Waals surface area contributed by atoms with E-state index in [-0.39, 0.29) is 22.6 Å². The van der Waals surface area contributed by atoms with Crippen LogP contribution in [0.15, 0.2) is 42.9 Å². The van der Waals surface area contributed by atoms with Gasteiger partial charge in [0.2, 0.25) is 0 Å². The lowest BCUT2D eigenvalue weighted by molar-refractivity contribution is 0.0599. The average Bonchev–Trinajstić information content (AvgIpc) is 2.76. The summed E-state index contributed by atoms with van der Waals surface area (Å²) in [4.78, 5) is 36.3. The summed E-state index contributed by atoms with van der Waals surface area (Å²) in [6.45, 7) is 0. The lowest BCUT2D eigenvalue weighted by atomic mass is 10.1. The summed E-state index contributed by atoms with van der Waals surface area (Å²) < 4.78 is 9.46. The van der Waals surface area contributed by atoms with E-state index in [1.165, 1.54) is 44.9 Å². The third-order valence-corrected chi connectivity index (χ3v) is 4.12. The number of nitrogens with two attached hydrogens (primary N) is 1. The normalized spacial score (nSPS) is 10.2. The van der Waals surface area contributed by atoms with Crippen LogP contribution in [0.4, 0.5) is 28.8 Å². The van der Waals surface area contributed by atoms with Crippen LogP contribution < -0.4 is 16.4 Å².